The van der Waals surface area contributed by atoms with Crippen molar-refractivity contribution in [3.05, 3.63) is 131 Å². The van der Waals surface area contributed by atoms with Crippen molar-refractivity contribution in [2.75, 3.05) is 0 Å². The second-order valence-electron chi connectivity index (χ2n) is 14.8. The Hall–Kier alpha value is -5.10. The third-order valence-corrected chi connectivity index (χ3v) is 8.38. The minimum absolute atomic E-state index is 0.232. The third kappa shape index (κ3) is 7.08. The Labute approximate surface area is 285 Å². The quantitative estimate of drug-likeness (QED) is 0.201. The molecule has 4 aromatic carbocycles. The van der Waals surface area contributed by atoms with E-state index in [2.05, 4.69) is 87.4 Å². The largest absolute Gasteiger partial charge is 0.504 e. The molecule has 6 aromatic rings. The van der Waals surface area contributed by atoms with Gasteiger partial charge in [-0.3, -0.25) is 0 Å². The monoisotopic (exact) mass is 640 g/mol. The van der Waals surface area contributed by atoms with Crippen molar-refractivity contribution in [3.8, 4) is 45.4 Å². The lowest BCUT2D eigenvalue weighted by Crippen LogP contribution is -2.18. The molecule has 0 saturated carbocycles. The first kappa shape index (κ1) is 34.2. The average molecular weight is 641 g/mol. The molecule has 0 amide bonds. The highest BCUT2D eigenvalue weighted by Crippen LogP contribution is 2.41. The zero-order chi connectivity index (χ0) is 35.0. The van der Waals surface area contributed by atoms with Crippen molar-refractivity contribution in [2.24, 2.45) is 0 Å². The van der Waals surface area contributed by atoms with Crippen LogP contribution in [0.4, 0.5) is 0 Å². The van der Waals surface area contributed by atoms with Crippen LogP contribution in [0.2, 0.25) is 0 Å². The van der Waals surface area contributed by atoms with Crippen molar-refractivity contribution in [1.29, 1.82) is 0 Å². The van der Waals surface area contributed by atoms with E-state index in [4.69, 9.17) is 10.2 Å². The first-order chi connectivity index (χ1) is 22.6. The van der Waals surface area contributed by atoms with Crippen LogP contribution in [0.15, 0.2) is 97.1 Å². The average Bonchev–Trinajstić information content (AvgIpc) is 3.56. The van der Waals surface area contributed by atoms with Gasteiger partial charge in [0.1, 0.15) is 11.4 Å². The van der Waals surface area contributed by atoms with E-state index in [1.54, 1.807) is 0 Å². The SMILES string of the molecule is Cc1ccc(-c2nn(-c3cccc(C)c3)c(C(C)(C)C)c2O)cc1.Cc1ccc(-c2nn(-c3ccccc3C)c(C(C)(C)C)c2O)cc1. The van der Waals surface area contributed by atoms with Crippen LogP contribution < -0.4 is 0 Å². The second kappa shape index (κ2) is 13.2. The molecule has 0 radical (unpaired) electrons. The molecule has 0 aliphatic heterocycles. The van der Waals surface area contributed by atoms with Crippen molar-refractivity contribution in [2.45, 2.75) is 80.1 Å². The first-order valence-electron chi connectivity index (χ1n) is 16.5. The number of benzene rings is 4. The van der Waals surface area contributed by atoms with Gasteiger partial charge in [0, 0.05) is 22.0 Å². The summed E-state index contributed by atoms with van der Waals surface area (Å²) in [6.07, 6.45) is 0. The van der Waals surface area contributed by atoms with Gasteiger partial charge >= 0.3 is 0 Å². The van der Waals surface area contributed by atoms with Gasteiger partial charge < -0.3 is 10.2 Å². The normalized spacial score (nSPS) is 11.7. The smallest absolute Gasteiger partial charge is 0.166 e. The molecule has 0 saturated heterocycles. The van der Waals surface area contributed by atoms with Crippen LogP contribution >= 0.6 is 0 Å². The van der Waals surface area contributed by atoms with E-state index in [1.165, 1.54) is 16.7 Å². The lowest BCUT2D eigenvalue weighted by molar-refractivity contribution is 0.439. The molecule has 0 fully saturated rings. The zero-order valence-electron chi connectivity index (χ0n) is 29.9. The molecule has 0 atom stereocenters. The highest BCUT2D eigenvalue weighted by molar-refractivity contribution is 5.70. The van der Waals surface area contributed by atoms with Gasteiger partial charge in [-0.25, -0.2) is 9.36 Å². The number of aromatic nitrogens is 4. The van der Waals surface area contributed by atoms with Gasteiger partial charge in [-0.15, -0.1) is 0 Å². The van der Waals surface area contributed by atoms with Gasteiger partial charge in [0.15, 0.2) is 11.5 Å². The number of aryl methyl sites for hydroxylation is 4. The molecule has 6 nitrogen and oxygen atoms in total. The van der Waals surface area contributed by atoms with Crippen LogP contribution in [0.25, 0.3) is 33.9 Å². The number of hydrogen-bond donors (Lipinski definition) is 2. The van der Waals surface area contributed by atoms with Crippen LogP contribution in [0.3, 0.4) is 0 Å². The lowest BCUT2D eigenvalue weighted by atomic mass is 9.90. The number of aromatic hydroxyl groups is 2. The number of hydrogen-bond acceptors (Lipinski definition) is 4. The third-order valence-electron chi connectivity index (χ3n) is 8.38. The summed E-state index contributed by atoms with van der Waals surface area (Å²) in [5.74, 6) is 0.516. The summed E-state index contributed by atoms with van der Waals surface area (Å²) in [6, 6.07) is 32.5. The molecule has 0 bridgehead atoms. The van der Waals surface area contributed by atoms with Gasteiger partial charge in [0.25, 0.3) is 0 Å². The van der Waals surface area contributed by atoms with Gasteiger partial charge in [0.05, 0.1) is 22.8 Å². The fourth-order valence-electron chi connectivity index (χ4n) is 5.90. The van der Waals surface area contributed by atoms with E-state index in [0.717, 1.165) is 39.5 Å². The highest BCUT2D eigenvalue weighted by Gasteiger charge is 2.30. The molecule has 0 aliphatic carbocycles. The van der Waals surface area contributed by atoms with E-state index in [9.17, 15) is 10.2 Å². The Morgan fingerprint density at radius 2 is 0.958 bits per heavy atom. The molecule has 6 heteroatoms. The molecular formula is C42H48N4O2. The first-order valence-corrected chi connectivity index (χ1v) is 16.5. The van der Waals surface area contributed by atoms with E-state index >= 15 is 0 Å². The van der Waals surface area contributed by atoms with Crippen molar-refractivity contribution < 1.29 is 10.2 Å². The summed E-state index contributed by atoms with van der Waals surface area (Å²) >= 11 is 0. The minimum atomic E-state index is -0.234. The molecule has 0 spiro atoms. The van der Waals surface area contributed by atoms with Crippen LogP contribution in [-0.2, 0) is 10.8 Å². The summed E-state index contributed by atoms with van der Waals surface area (Å²) in [5, 5.41) is 31.4. The summed E-state index contributed by atoms with van der Waals surface area (Å²) in [4.78, 5) is 0. The Morgan fingerprint density at radius 1 is 0.500 bits per heavy atom. The predicted molar refractivity (Wildman–Crippen MR) is 198 cm³/mol. The molecule has 2 aromatic heterocycles. The topological polar surface area (TPSA) is 76.1 Å². The van der Waals surface area contributed by atoms with Crippen LogP contribution in [0.1, 0.15) is 75.2 Å². The Balaban J connectivity index is 0.000000188. The molecule has 248 valence electrons. The van der Waals surface area contributed by atoms with Gasteiger partial charge in [-0.05, 0) is 57.0 Å². The van der Waals surface area contributed by atoms with Gasteiger partial charge in [-0.1, -0.05) is 132 Å². The molecular weight excluding hydrogens is 592 g/mol. The summed E-state index contributed by atoms with van der Waals surface area (Å²) in [6.45, 7) is 20.8. The standard InChI is InChI=1S/2C21H24N2O/c1-14-9-11-16(12-10-14)18-19(24)20(21(3,4)5)23(22-18)17-8-6-7-15(2)13-17;1-14-10-12-16(13-11-14)18-19(24)20(21(3,4)5)23(22-18)17-9-7-6-8-15(17)2/h2*6-13,24H,1-5H3. The maximum Gasteiger partial charge on any atom is 0.166 e. The van der Waals surface area contributed by atoms with Gasteiger partial charge in [0.2, 0.25) is 0 Å². The maximum absolute atomic E-state index is 10.9. The summed E-state index contributed by atoms with van der Waals surface area (Å²) < 4.78 is 3.76. The van der Waals surface area contributed by atoms with E-state index in [-0.39, 0.29) is 22.3 Å². The number of nitrogens with zero attached hydrogens (tertiary/aromatic N) is 4. The van der Waals surface area contributed by atoms with Gasteiger partial charge in [-0.2, -0.15) is 10.2 Å². The van der Waals surface area contributed by atoms with E-state index in [1.807, 2.05) is 88.2 Å². The fourth-order valence-corrected chi connectivity index (χ4v) is 5.90. The summed E-state index contributed by atoms with van der Waals surface area (Å²) in [7, 11) is 0. The Kier molecular flexibility index (Phi) is 9.41. The van der Waals surface area contributed by atoms with Crippen molar-refractivity contribution in [1.82, 2.24) is 19.6 Å². The van der Waals surface area contributed by atoms with Crippen molar-refractivity contribution >= 4 is 0 Å². The summed E-state index contributed by atoms with van der Waals surface area (Å²) in [5.41, 5.74) is 10.9. The highest BCUT2D eigenvalue weighted by atomic mass is 16.3. The van der Waals surface area contributed by atoms with E-state index in [0.29, 0.717) is 11.4 Å². The van der Waals surface area contributed by atoms with E-state index < -0.39 is 0 Å². The van der Waals surface area contributed by atoms with Crippen LogP contribution in [-0.4, -0.2) is 29.8 Å². The lowest BCUT2D eigenvalue weighted by Gasteiger charge is -2.21. The Bertz CT molecular complexity index is 2030. The second-order valence-corrected chi connectivity index (χ2v) is 14.8. The van der Waals surface area contributed by atoms with Crippen LogP contribution in [0, 0.1) is 27.7 Å². The molecule has 6 rings (SSSR count). The molecule has 0 aliphatic rings. The molecule has 0 unspecified atom stereocenters. The zero-order valence-corrected chi connectivity index (χ0v) is 29.9. The Morgan fingerprint density at radius 3 is 1.42 bits per heavy atom. The molecule has 2 heterocycles. The molecule has 48 heavy (non-hydrogen) atoms. The van der Waals surface area contributed by atoms with Crippen LogP contribution in [0.5, 0.6) is 11.5 Å². The fraction of sp³-hybridized carbons (Fsp3) is 0.286. The number of rotatable bonds is 4. The predicted octanol–water partition coefficient (Wildman–Crippen LogP) is 10.3. The number of para-hydroxylation sites is 1. The van der Waals surface area contributed by atoms with Crippen molar-refractivity contribution in [3.63, 3.8) is 0 Å². The maximum atomic E-state index is 10.9. The molecule has 2 N–H and O–H groups in total. The minimum Gasteiger partial charge on any atom is -0.504 e.